The van der Waals surface area contributed by atoms with E-state index in [4.69, 9.17) is 4.99 Å². The number of hydrogen-bond acceptors (Lipinski definition) is 5. The van der Waals surface area contributed by atoms with Gasteiger partial charge in [0.2, 0.25) is 0 Å². The molecule has 3 aliphatic rings. The van der Waals surface area contributed by atoms with Crippen LogP contribution in [0.5, 0.6) is 0 Å². The minimum atomic E-state index is 0.599. The van der Waals surface area contributed by atoms with Crippen LogP contribution in [0.25, 0.3) is 0 Å². The minimum Gasteiger partial charge on any atom is -0.350 e. The van der Waals surface area contributed by atoms with Gasteiger partial charge in [0.1, 0.15) is 10.8 Å². The molecule has 5 rings (SSSR count). The maximum atomic E-state index is 5.09. The molecule has 1 aromatic heterocycles. The van der Waals surface area contributed by atoms with Crippen molar-refractivity contribution >= 4 is 33.5 Å². The Kier molecular flexibility index (Phi) is 2.85. The van der Waals surface area contributed by atoms with Gasteiger partial charge >= 0.3 is 0 Å². The third-order valence-electron chi connectivity index (χ3n) is 5.26. The van der Waals surface area contributed by atoms with E-state index in [1.54, 1.807) is 0 Å². The number of aliphatic imine (C=N–C) groups is 1. The van der Waals surface area contributed by atoms with Crippen LogP contribution in [0.4, 0.5) is 16.4 Å². The first-order valence-electron chi connectivity index (χ1n) is 8.21. The summed E-state index contributed by atoms with van der Waals surface area (Å²) in [5.74, 6) is 1.16. The molecule has 0 radical (unpaired) electrons. The molecular formula is C18H20N4S. The van der Waals surface area contributed by atoms with E-state index in [2.05, 4.69) is 59.4 Å². The highest BCUT2D eigenvalue weighted by atomic mass is 32.1. The number of benzene rings is 1. The standard InChI is InChI=1S/C18H20N4S/c1-11-7-14-17(22-10-12-8-13(22)9-21(12)2)19-15-5-3-4-6-16(15)20-18(14)23-11/h3-7,12-13,20H,8-10H2,1-2H3. The molecular weight excluding hydrogens is 304 g/mol. The summed E-state index contributed by atoms with van der Waals surface area (Å²) < 4.78 is 0. The van der Waals surface area contributed by atoms with E-state index in [9.17, 15) is 0 Å². The van der Waals surface area contributed by atoms with Crippen molar-refractivity contribution in [3.05, 3.63) is 40.8 Å². The number of amidine groups is 1. The van der Waals surface area contributed by atoms with Gasteiger partial charge in [-0.05, 0) is 38.6 Å². The molecule has 2 bridgehead atoms. The van der Waals surface area contributed by atoms with Crippen molar-refractivity contribution in [2.75, 3.05) is 25.5 Å². The van der Waals surface area contributed by atoms with Gasteiger partial charge in [0.05, 0.1) is 16.9 Å². The molecule has 2 aromatic rings. The van der Waals surface area contributed by atoms with Gasteiger partial charge < -0.3 is 10.2 Å². The molecule has 23 heavy (non-hydrogen) atoms. The Labute approximate surface area is 140 Å². The molecule has 2 fully saturated rings. The first-order valence-corrected chi connectivity index (χ1v) is 9.03. The lowest BCUT2D eigenvalue weighted by molar-refractivity contribution is 0.210. The summed E-state index contributed by atoms with van der Waals surface area (Å²) in [6.45, 7) is 4.42. The van der Waals surface area contributed by atoms with Crippen molar-refractivity contribution in [1.82, 2.24) is 9.80 Å². The molecule has 1 N–H and O–H groups in total. The van der Waals surface area contributed by atoms with Gasteiger partial charge in [-0.1, -0.05) is 12.1 Å². The van der Waals surface area contributed by atoms with Gasteiger partial charge in [-0.2, -0.15) is 0 Å². The summed E-state index contributed by atoms with van der Waals surface area (Å²) >= 11 is 1.82. The maximum Gasteiger partial charge on any atom is 0.139 e. The molecule has 5 heteroatoms. The van der Waals surface area contributed by atoms with Crippen molar-refractivity contribution in [3.63, 3.8) is 0 Å². The van der Waals surface area contributed by atoms with Gasteiger partial charge in [0.15, 0.2) is 0 Å². The summed E-state index contributed by atoms with van der Waals surface area (Å²) in [6, 6.07) is 11.9. The lowest BCUT2D eigenvalue weighted by Crippen LogP contribution is -2.47. The van der Waals surface area contributed by atoms with E-state index in [1.807, 2.05) is 11.3 Å². The second-order valence-electron chi connectivity index (χ2n) is 6.81. The largest absolute Gasteiger partial charge is 0.350 e. The number of likely N-dealkylation sites (N-methyl/N-ethyl adjacent to an activating group) is 1. The van der Waals surface area contributed by atoms with E-state index in [0.717, 1.165) is 30.3 Å². The number of hydrogen-bond donors (Lipinski definition) is 1. The molecule has 0 aliphatic carbocycles. The SMILES string of the molecule is Cc1cc2c(s1)Nc1ccccc1N=C2N1CC2CC1CN2C. The average Bonchev–Trinajstić information content (AvgIpc) is 3.18. The smallest absolute Gasteiger partial charge is 0.139 e. The van der Waals surface area contributed by atoms with Crippen LogP contribution in [0, 0.1) is 6.92 Å². The normalized spacial score (nSPS) is 25.7. The van der Waals surface area contributed by atoms with Crippen molar-refractivity contribution in [2.45, 2.75) is 25.4 Å². The van der Waals surface area contributed by atoms with Gasteiger partial charge in [-0.3, -0.25) is 4.90 Å². The highest BCUT2D eigenvalue weighted by Crippen LogP contribution is 2.41. The summed E-state index contributed by atoms with van der Waals surface area (Å²) in [4.78, 5) is 11.4. The molecule has 2 atom stereocenters. The quantitative estimate of drug-likeness (QED) is 0.803. The Bertz CT molecular complexity index is 807. The second kappa shape index (κ2) is 4.82. The fraction of sp³-hybridized carbons (Fsp3) is 0.389. The van der Waals surface area contributed by atoms with Crippen LogP contribution < -0.4 is 5.32 Å². The number of para-hydroxylation sites is 2. The number of anilines is 2. The van der Waals surface area contributed by atoms with Crippen LogP contribution in [-0.2, 0) is 0 Å². The molecule has 118 valence electrons. The fourth-order valence-electron chi connectivity index (χ4n) is 4.09. The molecule has 0 saturated carbocycles. The van der Waals surface area contributed by atoms with Crippen LogP contribution >= 0.6 is 11.3 Å². The minimum absolute atomic E-state index is 0.599. The number of rotatable bonds is 0. The van der Waals surface area contributed by atoms with E-state index < -0.39 is 0 Å². The van der Waals surface area contributed by atoms with Crippen LogP contribution in [0.3, 0.4) is 0 Å². The topological polar surface area (TPSA) is 30.9 Å². The van der Waals surface area contributed by atoms with Gasteiger partial charge in [-0.15, -0.1) is 11.3 Å². The summed E-state index contributed by atoms with van der Waals surface area (Å²) in [5.41, 5.74) is 3.41. The van der Waals surface area contributed by atoms with Crippen molar-refractivity contribution in [1.29, 1.82) is 0 Å². The number of aryl methyl sites for hydroxylation is 1. The van der Waals surface area contributed by atoms with Crippen molar-refractivity contribution in [2.24, 2.45) is 4.99 Å². The monoisotopic (exact) mass is 324 g/mol. The Morgan fingerprint density at radius 3 is 2.87 bits per heavy atom. The third-order valence-corrected chi connectivity index (χ3v) is 6.23. The van der Waals surface area contributed by atoms with Crippen molar-refractivity contribution in [3.8, 4) is 0 Å². The van der Waals surface area contributed by atoms with Crippen LogP contribution in [0.15, 0.2) is 35.3 Å². The molecule has 0 spiro atoms. The lowest BCUT2D eigenvalue weighted by Gasteiger charge is -2.34. The predicted molar refractivity (Wildman–Crippen MR) is 96.5 cm³/mol. The number of thiophene rings is 1. The Morgan fingerprint density at radius 2 is 2.09 bits per heavy atom. The molecule has 4 heterocycles. The predicted octanol–water partition coefficient (Wildman–Crippen LogP) is 3.58. The first kappa shape index (κ1) is 13.6. The Balaban J connectivity index is 1.65. The van der Waals surface area contributed by atoms with Gasteiger partial charge in [-0.25, -0.2) is 4.99 Å². The first-order chi connectivity index (χ1) is 11.2. The summed E-state index contributed by atoms with van der Waals surface area (Å²) in [5, 5.41) is 4.82. The zero-order chi connectivity index (χ0) is 15.6. The van der Waals surface area contributed by atoms with E-state index in [-0.39, 0.29) is 0 Å². The number of fused-ring (bicyclic) bond motifs is 4. The summed E-state index contributed by atoms with van der Waals surface area (Å²) in [6.07, 6.45) is 1.27. The highest BCUT2D eigenvalue weighted by molar-refractivity contribution is 7.16. The average molecular weight is 324 g/mol. The zero-order valence-electron chi connectivity index (χ0n) is 13.4. The molecule has 0 amide bonds. The van der Waals surface area contributed by atoms with Crippen LogP contribution in [-0.4, -0.2) is 47.9 Å². The molecule has 1 aromatic carbocycles. The number of nitrogens with one attached hydrogen (secondary N) is 1. The zero-order valence-corrected chi connectivity index (χ0v) is 14.2. The van der Waals surface area contributed by atoms with E-state index in [0.29, 0.717) is 12.1 Å². The Morgan fingerprint density at radius 1 is 1.22 bits per heavy atom. The fourth-order valence-corrected chi connectivity index (χ4v) is 5.01. The molecule has 2 saturated heterocycles. The maximum absolute atomic E-state index is 5.09. The van der Waals surface area contributed by atoms with E-state index >= 15 is 0 Å². The molecule has 3 aliphatic heterocycles. The number of piperazine rings is 1. The van der Waals surface area contributed by atoms with Gasteiger partial charge in [0.25, 0.3) is 0 Å². The lowest BCUT2D eigenvalue weighted by atomic mass is 10.2. The van der Waals surface area contributed by atoms with E-state index in [1.165, 1.54) is 21.9 Å². The second-order valence-corrected chi connectivity index (χ2v) is 8.07. The Hall–Kier alpha value is -1.85. The third kappa shape index (κ3) is 2.03. The van der Waals surface area contributed by atoms with Crippen molar-refractivity contribution < 1.29 is 0 Å². The summed E-state index contributed by atoms with van der Waals surface area (Å²) in [7, 11) is 2.24. The number of likely N-dealkylation sites (tertiary alicyclic amines) is 2. The highest BCUT2D eigenvalue weighted by Gasteiger charge is 2.43. The van der Waals surface area contributed by atoms with Crippen LogP contribution in [0.2, 0.25) is 0 Å². The van der Waals surface area contributed by atoms with Gasteiger partial charge in [0, 0.05) is 30.1 Å². The molecule has 4 nitrogen and oxygen atoms in total. The number of nitrogens with zero attached hydrogens (tertiary/aromatic N) is 3. The van der Waals surface area contributed by atoms with Crippen LogP contribution in [0.1, 0.15) is 16.9 Å². The molecule has 2 unspecified atom stereocenters.